The van der Waals surface area contributed by atoms with Gasteiger partial charge in [0.25, 0.3) is 0 Å². The molecule has 0 aromatic carbocycles. The number of aromatic nitrogens is 2. The lowest BCUT2D eigenvalue weighted by molar-refractivity contribution is 0.235. The van der Waals surface area contributed by atoms with Crippen LogP contribution in [0.1, 0.15) is 19.4 Å². The Labute approximate surface area is 101 Å². The van der Waals surface area contributed by atoms with Crippen molar-refractivity contribution in [2.24, 2.45) is 0 Å². The number of aliphatic hydroxyl groups is 1. The van der Waals surface area contributed by atoms with Crippen LogP contribution in [-0.4, -0.2) is 27.7 Å². The molecule has 0 saturated carbocycles. The summed E-state index contributed by atoms with van der Waals surface area (Å²) in [6, 6.07) is 0. The van der Waals surface area contributed by atoms with Crippen molar-refractivity contribution in [3.05, 3.63) is 41.9 Å². The molecule has 0 saturated heterocycles. The van der Waals surface area contributed by atoms with Gasteiger partial charge in [0, 0.05) is 25.1 Å². The third kappa shape index (κ3) is 2.71. The van der Waals surface area contributed by atoms with Crippen LogP contribution in [0.5, 0.6) is 0 Å². The Morgan fingerprint density at radius 1 is 1.41 bits per heavy atom. The van der Waals surface area contributed by atoms with Crippen LogP contribution in [0.3, 0.4) is 0 Å². The topological polar surface area (TPSA) is 49.2 Å². The SMILES string of the molecule is CCc1cnc(N2C=CC([C@H](C)O)=CC2)nc1. The summed E-state index contributed by atoms with van der Waals surface area (Å²) in [5.74, 6) is 0.694. The van der Waals surface area contributed by atoms with Gasteiger partial charge in [0.15, 0.2) is 0 Å². The van der Waals surface area contributed by atoms with E-state index in [1.807, 2.05) is 35.6 Å². The predicted molar refractivity (Wildman–Crippen MR) is 67.7 cm³/mol. The first-order valence-corrected chi connectivity index (χ1v) is 5.84. The van der Waals surface area contributed by atoms with Crippen molar-refractivity contribution < 1.29 is 5.11 Å². The van der Waals surface area contributed by atoms with Crippen LogP contribution in [0.25, 0.3) is 0 Å². The maximum Gasteiger partial charge on any atom is 0.229 e. The molecule has 1 aromatic rings. The quantitative estimate of drug-likeness (QED) is 0.860. The lowest BCUT2D eigenvalue weighted by Crippen LogP contribution is -2.23. The smallest absolute Gasteiger partial charge is 0.229 e. The minimum absolute atomic E-state index is 0.420. The Morgan fingerprint density at radius 3 is 2.59 bits per heavy atom. The summed E-state index contributed by atoms with van der Waals surface area (Å²) < 4.78 is 0. The summed E-state index contributed by atoms with van der Waals surface area (Å²) in [4.78, 5) is 10.6. The van der Waals surface area contributed by atoms with Crippen LogP contribution in [0.15, 0.2) is 36.3 Å². The van der Waals surface area contributed by atoms with E-state index in [1.54, 1.807) is 6.92 Å². The number of nitrogens with zero attached hydrogens (tertiary/aromatic N) is 3. The van der Waals surface area contributed by atoms with Crippen molar-refractivity contribution in [3.63, 3.8) is 0 Å². The third-order valence-corrected chi connectivity index (χ3v) is 2.81. The first-order valence-electron chi connectivity index (χ1n) is 5.84. The molecule has 1 aromatic heterocycles. The van der Waals surface area contributed by atoms with Gasteiger partial charge in [-0.3, -0.25) is 0 Å². The highest BCUT2D eigenvalue weighted by atomic mass is 16.3. The van der Waals surface area contributed by atoms with Gasteiger partial charge in [0.2, 0.25) is 5.95 Å². The van der Waals surface area contributed by atoms with Crippen molar-refractivity contribution in [2.45, 2.75) is 26.4 Å². The van der Waals surface area contributed by atoms with Gasteiger partial charge in [-0.15, -0.1) is 0 Å². The number of aliphatic hydroxyl groups excluding tert-OH is 1. The van der Waals surface area contributed by atoms with Gasteiger partial charge in [-0.05, 0) is 30.6 Å². The van der Waals surface area contributed by atoms with Gasteiger partial charge in [0.1, 0.15) is 0 Å². The molecule has 1 aliphatic rings. The molecule has 17 heavy (non-hydrogen) atoms. The number of anilines is 1. The van der Waals surface area contributed by atoms with E-state index < -0.39 is 6.10 Å². The molecule has 0 bridgehead atoms. The molecule has 0 unspecified atom stereocenters. The zero-order chi connectivity index (χ0) is 12.3. The molecule has 1 atom stereocenters. The first kappa shape index (κ1) is 11.8. The van der Waals surface area contributed by atoms with Crippen molar-refractivity contribution in [1.29, 1.82) is 0 Å². The van der Waals surface area contributed by atoms with Crippen molar-refractivity contribution in [2.75, 3.05) is 11.4 Å². The summed E-state index contributed by atoms with van der Waals surface area (Å²) in [7, 11) is 0. The molecule has 1 aliphatic heterocycles. The van der Waals surface area contributed by atoms with Crippen molar-refractivity contribution in [3.8, 4) is 0 Å². The van der Waals surface area contributed by atoms with Crippen LogP contribution < -0.4 is 4.90 Å². The highest BCUT2D eigenvalue weighted by molar-refractivity contribution is 5.42. The largest absolute Gasteiger partial charge is 0.389 e. The minimum atomic E-state index is -0.420. The Kier molecular flexibility index (Phi) is 3.54. The van der Waals surface area contributed by atoms with E-state index in [0.29, 0.717) is 12.5 Å². The van der Waals surface area contributed by atoms with Gasteiger partial charge in [-0.1, -0.05) is 13.0 Å². The zero-order valence-corrected chi connectivity index (χ0v) is 10.2. The fraction of sp³-hybridized carbons (Fsp3) is 0.385. The molecule has 4 heteroatoms. The maximum atomic E-state index is 9.43. The molecule has 2 rings (SSSR count). The number of hydrogen-bond acceptors (Lipinski definition) is 4. The molecule has 4 nitrogen and oxygen atoms in total. The van der Waals surface area contributed by atoms with Gasteiger partial charge in [0.05, 0.1) is 6.10 Å². The lowest BCUT2D eigenvalue weighted by atomic mass is 10.1. The fourth-order valence-corrected chi connectivity index (χ4v) is 1.65. The predicted octanol–water partition coefficient (Wildman–Crippen LogP) is 1.68. The number of hydrogen-bond donors (Lipinski definition) is 1. The van der Waals surface area contributed by atoms with Gasteiger partial charge < -0.3 is 10.0 Å². The van der Waals surface area contributed by atoms with Gasteiger partial charge >= 0.3 is 0 Å². The van der Waals surface area contributed by atoms with Crippen LogP contribution in [-0.2, 0) is 6.42 Å². The Balaban J connectivity index is 2.08. The lowest BCUT2D eigenvalue weighted by Gasteiger charge is -2.21. The first-order chi connectivity index (χ1) is 8.20. The molecule has 0 amide bonds. The van der Waals surface area contributed by atoms with E-state index in [9.17, 15) is 5.11 Å². The monoisotopic (exact) mass is 231 g/mol. The Bertz CT molecular complexity index is 434. The highest BCUT2D eigenvalue weighted by Gasteiger charge is 2.11. The van der Waals surface area contributed by atoms with Gasteiger partial charge in [-0.25, -0.2) is 9.97 Å². The number of aryl methyl sites for hydroxylation is 1. The zero-order valence-electron chi connectivity index (χ0n) is 10.2. The normalized spacial score (nSPS) is 16.9. The summed E-state index contributed by atoms with van der Waals surface area (Å²) in [6.45, 7) is 4.54. The van der Waals surface area contributed by atoms with E-state index in [1.165, 1.54) is 0 Å². The van der Waals surface area contributed by atoms with E-state index >= 15 is 0 Å². The minimum Gasteiger partial charge on any atom is -0.389 e. The molecular formula is C13H17N3O. The van der Waals surface area contributed by atoms with Crippen molar-refractivity contribution in [1.82, 2.24) is 9.97 Å². The van der Waals surface area contributed by atoms with E-state index in [2.05, 4.69) is 16.9 Å². The molecule has 90 valence electrons. The molecule has 0 aliphatic carbocycles. The molecule has 0 fully saturated rings. The van der Waals surface area contributed by atoms with Crippen LogP contribution in [0.4, 0.5) is 5.95 Å². The standard InChI is InChI=1S/C13H17N3O/c1-3-11-8-14-13(15-9-11)16-6-4-12(5-7-16)10(2)17/h4-6,8-10,17H,3,7H2,1-2H3/t10-/m0/s1. The van der Waals surface area contributed by atoms with E-state index in [0.717, 1.165) is 17.6 Å². The van der Waals surface area contributed by atoms with Gasteiger partial charge in [-0.2, -0.15) is 0 Å². The number of rotatable bonds is 3. The van der Waals surface area contributed by atoms with Crippen LogP contribution >= 0.6 is 0 Å². The average Bonchev–Trinajstić information content (AvgIpc) is 2.39. The fourth-order valence-electron chi connectivity index (χ4n) is 1.65. The maximum absolute atomic E-state index is 9.43. The van der Waals surface area contributed by atoms with E-state index in [-0.39, 0.29) is 0 Å². The highest BCUT2D eigenvalue weighted by Crippen LogP contribution is 2.15. The summed E-state index contributed by atoms with van der Waals surface area (Å²) in [5.41, 5.74) is 2.07. The van der Waals surface area contributed by atoms with Crippen LogP contribution in [0.2, 0.25) is 0 Å². The Morgan fingerprint density at radius 2 is 2.12 bits per heavy atom. The molecule has 1 N–H and O–H groups in total. The summed E-state index contributed by atoms with van der Waals surface area (Å²) in [6.07, 6.45) is 10.0. The molecule has 0 spiro atoms. The van der Waals surface area contributed by atoms with Crippen LogP contribution in [0, 0.1) is 0 Å². The molecular weight excluding hydrogens is 214 g/mol. The molecule has 0 radical (unpaired) electrons. The average molecular weight is 231 g/mol. The van der Waals surface area contributed by atoms with Crippen molar-refractivity contribution >= 4 is 5.95 Å². The molecule has 2 heterocycles. The summed E-state index contributed by atoms with van der Waals surface area (Å²) >= 11 is 0. The second-order valence-electron chi connectivity index (χ2n) is 4.09. The third-order valence-electron chi connectivity index (χ3n) is 2.81. The second kappa shape index (κ2) is 5.10. The Hall–Kier alpha value is -1.68. The van der Waals surface area contributed by atoms with E-state index in [4.69, 9.17) is 0 Å². The summed E-state index contributed by atoms with van der Waals surface area (Å²) in [5, 5.41) is 9.43. The second-order valence-corrected chi connectivity index (χ2v) is 4.09.